The molecule has 0 bridgehead atoms. The van der Waals surface area contributed by atoms with E-state index >= 15 is 0 Å². The van der Waals surface area contributed by atoms with Gasteiger partial charge in [-0.2, -0.15) is 5.10 Å². The van der Waals surface area contributed by atoms with Crippen molar-refractivity contribution in [1.29, 1.82) is 0 Å². The first-order valence-corrected chi connectivity index (χ1v) is 6.17. The Balaban J connectivity index is 2.52. The number of carbonyl (C=O) groups is 2. The second kappa shape index (κ2) is 6.21. The lowest BCUT2D eigenvalue weighted by Gasteiger charge is -2.14. The first-order chi connectivity index (χ1) is 8.86. The molecule has 0 unspecified atom stereocenters. The summed E-state index contributed by atoms with van der Waals surface area (Å²) in [6, 6.07) is 0. The van der Waals surface area contributed by atoms with Crippen LogP contribution in [0.15, 0.2) is 0 Å². The average molecular weight is 267 g/mol. The smallest absolute Gasteiger partial charge is 0.242 e. The number of anilines is 1. The van der Waals surface area contributed by atoms with Crippen molar-refractivity contribution >= 4 is 17.5 Å². The first kappa shape index (κ1) is 15.0. The van der Waals surface area contributed by atoms with Crippen molar-refractivity contribution in [3.05, 3.63) is 11.4 Å². The van der Waals surface area contributed by atoms with Crippen molar-refractivity contribution in [2.24, 2.45) is 0 Å². The van der Waals surface area contributed by atoms with Crippen molar-refractivity contribution in [1.82, 2.24) is 20.0 Å². The van der Waals surface area contributed by atoms with Crippen LogP contribution < -0.4 is 11.1 Å². The van der Waals surface area contributed by atoms with Gasteiger partial charge in [-0.15, -0.1) is 0 Å². The van der Waals surface area contributed by atoms with E-state index in [1.165, 1.54) is 4.68 Å². The van der Waals surface area contributed by atoms with Crippen LogP contribution >= 0.6 is 0 Å². The summed E-state index contributed by atoms with van der Waals surface area (Å²) >= 11 is 0. The van der Waals surface area contributed by atoms with E-state index in [1.54, 1.807) is 25.8 Å². The molecule has 3 N–H and O–H groups in total. The van der Waals surface area contributed by atoms with Crippen LogP contribution in [0, 0.1) is 13.8 Å². The molecule has 0 spiro atoms. The Labute approximate surface area is 112 Å². The molecule has 0 aliphatic heterocycles. The van der Waals surface area contributed by atoms with Gasteiger partial charge in [0.05, 0.1) is 23.6 Å². The number of nitrogen functional groups attached to an aromatic ring is 1. The SMILES string of the molecule is CCN(C)C(=O)CNC(=O)Cn1nc(C)c(N)c1C. The zero-order valence-electron chi connectivity index (χ0n) is 11.9. The standard InChI is InChI=1S/C12H21N5O2/c1-5-16(4)11(19)6-14-10(18)7-17-9(3)12(13)8(2)15-17/h5-7,13H2,1-4H3,(H,14,18). The van der Waals surface area contributed by atoms with E-state index in [0.29, 0.717) is 17.9 Å². The molecule has 1 rings (SSSR count). The van der Waals surface area contributed by atoms with Gasteiger partial charge in [0.25, 0.3) is 0 Å². The van der Waals surface area contributed by atoms with E-state index in [4.69, 9.17) is 5.73 Å². The summed E-state index contributed by atoms with van der Waals surface area (Å²) in [5.41, 5.74) is 7.83. The Morgan fingerprint density at radius 2 is 2.05 bits per heavy atom. The number of hydrogen-bond acceptors (Lipinski definition) is 4. The van der Waals surface area contributed by atoms with Crippen molar-refractivity contribution < 1.29 is 9.59 Å². The third kappa shape index (κ3) is 3.70. The van der Waals surface area contributed by atoms with Crippen LogP contribution in [0.25, 0.3) is 0 Å². The van der Waals surface area contributed by atoms with Crippen LogP contribution in [0.1, 0.15) is 18.3 Å². The Kier molecular flexibility index (Phi) is 4.91. The van der Waals surface area contributed by atoms with E-state index in [9.17, 15) is 9.59 Å². The molecule has 0 radical (unpaired) electrons. The average Bonchev–Trinajstić information content (AvgIpc) is 2.62. The lowest BCUT2D eigenvalue weighted by Crippen LogP contribution is -2.39. The molecule has 0 saturated heterocycles. The van der Waals surface area contributed by atoms with Crippen LogP contribution in [-0.4, -0.2) is 46.6 Å². The molecule has 0 aromatic carbocycles. The van der Waals surface area contributed by atoms with Gasteiger partial charge in [0.2, 0.25) is 11.8 Å². The molecular weight excluding hydrogens is 246 g/mol. The molecule has 7 nitrogen and oxygen atoms in total. The molecule has 0 aliphatic rings. The highest BCUT2D eigenvalue weighted by molar-refractivity contribution is 5.84. The van der Waals surface area contributed by atoms with Gasteiger partial charge in [-0.25, -0.2) is 0 Å². The number of nitrogens with zero attached hydrogens (tertiary/aromatic N) is 3. The van der Waals surface area contributed by atoms with Gasteiger partial charge in [0, 0.05) is 13.6 Å². The fraction of sp³-hybridized carbons (Fsp3) is 0.583. The minimum atomic E-state index is -0.261. The second-order valence-corrected chi connectivity index (χ2v) is 4.43. The monoisotopic (exact) mass is 267 g/mol. The van der Waals surface area contributed by atoms with Gasteiger partial charge in [-0.3, -0.25) is 14.3 Å². The molecule has 0 atom stereocenters. The Morgan fingerprint density at radius 1 is 1.42 bits per heavy atom. The molecule has 19 heavy (non-hydrogen) atoms. The minimum absolute atomic E-state index is 0.00203. The fourth-order valence-electron chi connectivity index (χ4n) is 1.54. The largest absolute Gasteiger partial charge is 0.396 e. The number of nitrogens with one attached hydrogen (secondary N) is 1. The Morgan fingerprint density at radius 3 is 2.53 bits per heavy atom. The maximum absolute atomic E-state index is 11.7. The number of nitrogens with two attached hydrogens (primary N) is 1. The molecule has 2 amide bonds. The maximum atomic E-state index is 11.7. The van der Waals surface area contributed by atoms with Crippen LogP contribution in [0.3, 0.4) is 0 Å². The van der Waals surface area contributed by atoms with E-state index in [-0.39, 0.29) is 24.9 Å². The van der Waals surface area contributed by atoms with E-state index in [0.717, 1.165) is 5.69 Å². The van der Waals surface area contributed by atoms with Crippen LogP contribution in [0.4, 0.5) is 5.69 Å². The summed E-state index contributed by atoms with van der Waals surface area (Å²) in [6.07, 6.45) is 0. The number of rotatable bonds is 5. The van der Waals surface area contributed by atoms with Crippen molar-refractivity contribution in [2.75, 3.05) is 25.9 Å². The van der Waals surface area contributed by atoms with Gasteiger partial charge in [0.1, 0.15) is 6.54 Å². The highest BCUT2D eigenvalue weighted by Crippen LogP contribution is 2.14. The van der Waals surface area contributed by atoms with E-state index in [2.05, 4.69) is 10.4 Å². The van der Waals surface area contributed by atoms with Crippen molar-refractivity contribution in [2.45, 2.75) is 27.3 Å². The van der Waals surface area contributed by atoms with Crippen molar-refractivity contribution in [3.8, 4) is 0 Å². The number of likely N-dealkylation sites (N-methyl/N-ethyl adjacent to an activating group) is 1. The molecule has 7 heteroatoms. The first-order valence-electron chi connectivity index (χ1n) is 6.17. The van der Waals surface area contributed by atoms with Gasteiger partial charge >= 0.3 is 0 Å². The summed E-state index contributed by atoms with van der Waals surface area (Å²) in [7, 11) is 1.69. The van der Waals surface area contributed by atoms with Gasteiger partial charge < -0.3 is 16.0 Å². The van der Waals surface area contributed by atoms with Crippen LogP contribution in [0.5, 0.6) is 0 Å². The molecule has 1 aromatic rings. The van der Waals surface area contributed by atoms with Gasteiger partial charge in [-0.1, -0.05) is 0 Å². The number of amides is 2. The lowest BCUT2D eigenvalue weighted by molar-refractivity contribution is -0.131. The van der Waals surface area contributed by atoms with E-state index in [1.807, 2.05) is 6.92 Å². The molecule has 0 aliphatic carbocycles. The van der Waals surface area contributed by atoms with Crippen LogP contribution in [-0.2, 0) is 16.1 Å². The third-order valence-corrected chi connectivity index (χ3v) is 3.07. The summed E-state index contributed by atoms with van der Waals surface area (Å²) < 4.78 is 1.54. The predicted molar refractivity (Wildman–Crippen MR) is 72.4 cm³/mol. The molecule has 106 valence electrons. The quantitative estimate of drug-likeness (QED) is 0.764. The fourth-order valence-corrected chi connectivity index (χ4v) is 1.54. The highest BCUT2D eigenvalue weighted by Gasteiger charge is 2.13. The second-order valence-electron chi connectivity index (χ2n) is 4.43. The summed E-state index contributed by atoms with van der Waals surface area (Å²) in [4.78, 5) is 24.8. The summed E-state index contributed by atoms with van der Waals surface area (Å²) in [6.45, 7) is 6.14. The molecule has 1 aromatic heterocycles. The number of carbonyl (C=O) groups excluding carboxylic acids is 2. The predicted octanol–water partition coefficient (Wildman–Crippen LogP) is -0.323. The maximum Gasteiger partial charge on any atom is 0.242 e. The van der Waals surface area contributed by atoms with Crippen molar-refractivity contribution in [3.63, 3.8) is 0 Å². The Bertz CT molecular complexity index is 481. The molecule has 0 fully saturated rings. The zero-order valence-corrected chi connectivity index (χ0v) is 11.9. The zero-order chi connectivity index (χ0) is 14.6. The molecule has 0 saturated carbocycles. The Hall–Kier alpha value is -2.05. The third-order valence-electron chi connectivity index (χ3n) is 3.07. The highest BCUT2D eigenvalue weighted by atomic mass is 16.2. The van der Waals surface area contributed by atoms with Gasteiger partial charge in [-0.05, 0) is 20.8 Å². The lowest BCUT2D eigenvalue weighted by atomic mass is 10.3. The normalized spacial score (nSPS) is 10.3. The topological polar surface area (TPSA) is 93.2 Å². The summed E-state index contributed by atoms with van der Waals surface area (Å²) in [5, 5.41) is 6.73. The molecule has 1 heterocycles. The van der Waals surface area contributed by atoms with E-state index < -0.39 is 0 Å². The number of hydrogen-bond donors (Lipinski definition) is 2. The van der Waals surface area contributed by atoms with Gasteiger partial charge in [0.15, 0.2) is 0 Å². The van der Waals surface area contributed by atoms with Crippen LogP contribution in [0.2, 0.25) is 0 Å². The number of aryl methyl sites for hydroxylation is 1. The minimum Gasteiger partial charge on any atom is -0.396 e. The molecular formula is C12H21N5O2. The summed E-state index contributed by atoms with van der Waals surface area (Å²) in [5.74, 6) is -0.382. The number of aromatic nitrogens is 2.